The first-order chi connectivity index (χ1) is 8.95. The normalized spacial score (nSPS) is 19.7. The zero-order chi connectivity index (χ0) is 14.4. The van der Waals surface area contributed by atoms with Crippen molar-refractivity contribution in [1.82, 2.24) is 0 Å². The number of aliphatic hydroxyl groups excluding tert-OH is 1. The van der Waals surface area contributed by atoms with Gasteiger partial charge in [0.2, 0.25) is 0 Å². The maximum absolute atomic E-state index is 11.9. The van der Waals surface area contributed by atoms with E-state index in [0.29, 0.717) is 30.8 Å². The van der Waals surface area contributed by atoms with Crippen molar-refractivity contribution in [2.45, 2.75) is 52.9 Å². The Kier molecular flexibility index (Phi) is 6.06. The number of hydrogen-bond acceptors (Lipinski definition) is 4. The van der Waals surface area contributed by atoms with Crippen LogP contribution >= 0.6 is 0 Å². The first-order valence-electron chi connectivity index (χ1n) is 7.06. The van der Waals surface area contributed by atoms with Crippen molar-refractivity contribution >= 4 is 11.8 Å². The quantitative estimate of drug-likeness (QED) is 0.751. The van der Waals surface area contributed by atoms with Crippen LogP contribution in [0.4, 0.5) is 0 Å². The van der Waals surface area contributed by atoms with Crippen LogP contribution in [0.15, 0.2) is 11.3 Å². The van der Waals surface area contributed by atoms with E-state index in [1.165, 1.54) is 0 Å². The largest absolute Gasteiger partial charge is 0.512 e. The van der Waals surface area contributed by atoms with E-state index in [1.807, 2.05) is 13.8 Å². The first-order valence-corrected chi connectivity index (χ1v) is 7.06. The molecule has 0 aromatic carbocycles. The second-order valence-electron chi connectivity index (χ2n) is 5.51. The molecule has 0 saturated heterocycles. The van der Waals surface area contributed by atoms with Crippen LogP contribution in [0.5, 0.6) is 0 Å². The summed E-state index contributed by atoms with van der Waals surface area (Å²) in [6, 6.07) is 0. The van der Waals surface area contributed by atoms with Crippen molar-refractivity contribution in [3.63, 3.8) is 0 Å². The van der Waals surface area contributed by atoms with Gasteiger partial charge < -0.3 is 9.84 Å². The van der Waals surface area contributed by atoms with Crippen LogP contribution in [0.3, 0.4) is 0 Å². The third kappa shape index (κ3) is 4.69. The van der Waals surface area contributed by atoms with Crippen LogP contribution in [0, 0.1) is 11.8 Å². The van der Waals surface area contributed by atoms with Crippen molar-refractivity contribution in [2.75, 3.05) is 6.61 Å². The molecule has 0 bridgehead atoms. The van der Waals surface area contributed by atoms with Gasteiger partial charge in [0.05, 0.1) is 12.2 Å². The van der Waals surface area contributed by atoms with Gasteiger partial charge >= 0.3 is 5.97 Å². The van der Waals surface area contributed by atoms with Crippen LogP contribution in [0.25, 0.3) is 0 Å². The highest BCUT2D eigenvalue weighted by molar-refractivity contribution is 5.91. The molecule has 0 aromatic heterocycles. The van der Waals surface area contributed by atoms with Crippen molar-refractivity contribution in [1.29, 1.82) is 0 Å². The van der Waals surface area contributed by atoms with E-state index in [0.717, 1.165) is 12.8 Å². The molecule has 0 unspecified atom stereocenters. The molecule has 4 nitrogen and oxygen atoms in total. The van der Waals surface area contributed by atoms with Crippen molar-refractivity contribution in [3.8, 4) is 0 Å². The molecular weight excluding hydrogens is 244 g/mol. The summed E-state index contributed by atoms with van der Waals surface area (Å²) in [5.74, 6) is -0.0793. The zero-order valence-electron chi connectivity index (χ0n) is 12.1. The smallest absolute Gasteiger partial charge is 0.337 e. The molecule has 1 N–H and O–H groups in total. The third-order valence-corrected chi connectivity index (χ3v) is 3.29. The van der Waals surface area contributed by atoms with E-state index in [9.17, 15) is 14.7 Å². The molecule has 0 aromatic rings. The maximum Gasteiger partial charge on any atom is 0.337 e. The Morgan fingerprint density at radius 2 is 2.11 bits per heavy atom. The lowest BCUT2D eigenvalue weighted by Crippen LogP contribution is -2.24. The zero-order valence-corrected chi connectivity index (χ0v) is 12.1. The second kappa shape index (κ2) is 7.31. The van der Waals surface area contributed by atoms with Gasteiger partial charge in [-0.05, 0) is 25.7 Å². The monoisotopic (exact) mass is 268 g/mol. The lowest BCUT2D eigenvalue weighted by molar-refractivity contribution is -0.139. The standard InChI is InChI=1S/C15H24O4/c1-4-19-15(18)14-11(6-5-7-13(14)17)9-12(16)8-10(2)3/h10-11,17H,4-9H2,1-3H3/t11-/m1/s1. The fourth-order valence-corrected chi connectivity index (χ4v) is 2.54. The molecule has 0 aliphatic heterocycles. The Bertz CT molecular complexity index is 368. The highest BCUT2D eigenvalue weighted by Crippen LogP contribution is 2.32. The number of carbonyl (C=O) groups is 2. The van der Waals surface area contributed by atoms with Crippen molar-refractivity contribution in [2.24, 2.45) is 11.8 Å². The number of esters is 1. The number of allylic oxidation sites excluding steroid dienone is 1. The molecule has 0 heterocycles. The molecule has 0 radical (unpaired) electrons. The Hall–Kier alpha value is -1.32. The van der Waals surface area contributed by atoms with Gasteiger partial charge in [-0.25, -0.2) is 4.79 Å². The minimum absolute atomic E-state index is 0.104. The van der Waals surface area contributed by atoms with Crippen LogP contribution in [-0.2, 0) is 14.3 Å². The summed E-state index contributed by atoms with van der Waals surface area (Å²) in [6.07, 6.45) is 2.93. The maximum atomic E-state index is 11.9. The highest BCUT2D eigenvalue weighted by atomic mass is 16.5. The second-order valence-corrected chi connectivity index (χ2v) is 5.51. The van der Waals surface area contributed by atoms with E-state index < -0.39 is 5.97 Å². The topological polar surface area (TPSA) is 63.6 Å². The van der Waals surface area contributed by atoms with Gasteiger partial charge in [-0.1, -0.05) is 13.8 Å². The molecule has 0 saturated carbocycles. The molecule has 0 spiro atoms. The highest BCUT2D eigenvalue weighted by Gasteiger charge is 2.31. The predicted molar refractivity (Wildman–Crippen MR) is 72.7 cm³/mol. The van der Waals surface area contributed by atoms with Gasteiger partial charge in [-0.2, -0.15) is 0 Å². The predicted octanol–water partition coefficient (Wildman–Crippen LogP) is 3.17. The Balaban J connectivity index is 2.77. The molecule has 0 fully saturated rings. The SMILES string of the molecule is CCOC(=O)C1=C(O)CCC[C@@H]1CC(=O)CC(C)C. The summed E-state index contributed by atoms with van der Waals surface area (Å²) >= 11 is 0. The molecule has 4 heteroatoms. The molecular formula is C15H24O4. The van der Waals surface area contributed by atoms with Gasteiger partial charge in [0, 0.05) is 25.2 Å². The Morgan fingerprint density at radius 1 is 1.42 bits per heavy atom. The number of rotatable bonds is 6. The fourth-order valence-electron chi connectivity index (χ4n) is 2.54. The number of carbonyl (C=O) groups excluding carboxylic acids is 2. The third-order valence-electron chi connectivity index (χ3n) is 3.29. The van der Waals surface area contributed by atoms with Crippen LogP contribution in [0.1, 0.15) is 52.9 Å². The van der Waals surface area contributed by atoms with Crippen LogP contribution in [-0.4, -0.2) is 23.5 Å². The van der Waals surface area contributed by atoms with Gasteiger partial charge in [-0.3, -0.25) is 4.79 Å². The lowest BCUT2D eigenvalue weighted by atomic mass is 9.82. The molecule has 1 aliphatic rings. The van der Waals surface area contributed by atoms with Gasteiger partial charge in [0.15, 0.2) is 0 Å². The molecule has 19 heavy (non-hydrogen) atoms. The van der Waals surface area contributed by atoms with Crippen molar-refractivity contribution < 1.29 is 19.4 Å². The van der Waals surface area contributed by atoms with E-state index in [4.69, 9.17) is 4.74 Å². The Labute approximate surface area is 114 Å². The van der Waals surface area contributed by atoms with Crippen LogP contribution < -0.4 is 0 Å². The summed E-state index contributed by atoms with van der Waals surface area (Å²) in [5.41, 5.74) is 0.324. The lowest BCUT2D eigenvalue weighted by Gasteiger charge is -2.24. The fraction of sp³-hybridized carbons (Fsp3) is 0.733. The molecule has 1 atom stereocenters. The van der Waals surface area contributed by atoms with Gasteiger partial charge in [0.25, 0.3) is 0 Å². The summed E-state index contributed by atoms with van der Waals surface area (Å²) in [4.78, 5) is 23.8. The van der Waals surface area contributed by atoms with Gasteiger partial charge in [0.1, 0.15) is 11.5 Å². The number of aliphatic hydroxyl groups is 1. The molecule has 0 amide bonds. The minimum Gasteiger partial charge on any atom is -0.512 e. The summed E-state index contributed by atoms with van der Waals surface area (Å²) < 4.78 is 4.98. The van der Waals surface area contributed by atoms with E-state index in [1.54, 1.807) is 6.92 Å². The van der Waals surface area contributed by atoms with E-state index in [2.05, 4.69) is 0 Å². The Morgan fingerprint density at radius 3 is 2.68 bits per heavy atom. The summed E-state index contributed by atoms with van der Waals surface area (Å²) in [7, 11) is 0. The van der Waals surface area contributed by atoms with Crippen LogP contribution in [0.2, 0.25) is 0 Å². The minimum atomic E-state index is -0.470. The van der Waals surface area contributed by atoms with E-state index >= 15 is 0 Å². The number of hydrogen-bond donors (Lipinski definition) is 1. The number of Topliss-reactive ketones (excluding diaryl/α,β-unsaturated/α-hetero) is 1. The van der Waals surface area contributed by atoms with Gasteiger partial charge in [-0.15, -0.1) is 0 Å². The summed E-state index contributed by atoms with van der Waals surface area (Å²) in [6.45, 7) is 6.01. The van der Waals surface area contributed by atoms with E-state index in [-0.39, 0.29) is 24.1 Å². The number of ether oxygens (including phenoxy) is 1. The molecule has 1 aliphatic carbocycles. The average molecular weight is 268 g/mol. The number of ketones is 1. The molecule has 1 rings (SSSR count). The summed E-state index contributed by atoms with van der Waals surface area (Å²) in [5, 5.41) is 9.90. The first kappa shape index (κ1) is 15.7. The average Bonchev–Trinajstić information content (AvgIpc) is 2.27. The molecule has 108 valence electrons. The van der Waals surface area contributed by atoms with Crippen molar-refractivity contribution in [3.05, 3.63) is 11.3 Å².